The first kappa shape index (κ1) is 21.4. The average Bonchev–Trinajstić information content (AvgIpc) is 3.44. The quantitative estimate of drug-likeness (QED) is 0.689. The average molecular weight is 429 g/mol. The van der Waals surface area contributed by atoms with Crippen LogP contribution >= 0.6 is 11.8 Å². The van der Waals surface area contributed by atoms with Crippen molar-refractivity contribution in [3.8, 4) is 5.69 Å². The number of amides is 1. The van der Waals surface area contributed by atoms with Crippen molar-refractivity contribution in [2.75, 3.05) is 19.6 Å². The van der Waals surface area contributed by atoms with Crippen molar-refractivity contribution in [3.63, 3.8) is 0 Å². The first-order chi connectivity index (χ1) is 14.7. The maximum Gasteiger partial charge on any atom is 0.236 e. The molecule has 1 aromatic heterocycles. The van der Waals surface area contributed by atoms with Gasteiger partial charge in [0.2, 0.25) is 5.91 Å². The highest BCUT2D eigenvalue weighted by atomic mass is 32.2. The van der Waals surface area contributed by atoms with E-state index in [0.717, 1.165) is 49.0 Å². The van der Waals surface area contributed by atoms with E-state index in [4.69, 9.17) is 0 Å². The normalized spacial score (nSPS) is 21.1. The van der Waals surface area contributed by atoms with Crippen molar-refractivity contribution < 1.29 is 9.69 Å². The number of aromatic nitrogens is 3. The molecule has 1 N–H and O–H groups in total. The van der Waals surface area contributed by atoms with Crippen molar-refractivity contribution in [2.24, 2.45) is 0 Å². The van der Waals surface area contributed by atoms with Crippen molar-refractivity contribution in [1.82, 2.24) is 19.7 Å². The first-order valence-electron chi connectivity index (χ1n) is 11.5. The molecule has 2 aromatic rings. The molecule has 0 bridgehead atoms. The minimum Gasteiger partial charge on any atom is -0.339 e. The molecular formula is C23H34N5OS+. The molecule has 0 radical (unpaired) electrons. The molecule has 2 aliphatic rings. The van der Waals surface area contributed by atoms with Crippen LogP contribution in [0.15, 0.2) is 35.5 Å². The largest absolute Gasteiger partial charge is 0.339 e. The van der Waals surface area contributed by atoms with E-state index in [1.54, 1.807) is 16.7 Å². The molecule has 2 aliphatic heterocycles. The Balaban J connectivity index is 1.55. The van der Waals surface area contributed by atoms with Crippen LogP contribution in [0, 0.1) is 0 Å². The Kier molecular flexibility index (Phi) is 7.10. The minimum atomic E-state index is -0.171. The van der Waals surface area contributed by atoms with Gasteiger partial charge in [0.05, 0.1) is 18.3 Å². The van der Waals surface area contributed by atoms with Gasteiger partial charge in [-0.25, -0.2) is 0 Å². The van der Waals surface area contributed by atoms with Gasteiger partial charge in [0.1, 0.15) is 6.54 Å². The molecule has 162 valence electrons. The predicted octanol–water partition coefficient (Wildman–Crippen LogP) is 2.72. The molecule has 7 heteroatoms. The van der Waals surface area contributed by atoms with E-state index in [1.165, 1.54) is 32.4 Å². The highest BCUT2D eigenvalue weighted by Gasteiger charge is 2.31. The second-order valence-corrected chi connectivity index (χ2v) is 9.86. The molecule has 0 aliphatic carbocycles. The van der Waals surface area contributed by atoms with Crippen LogP contribution in [0.3, 0.4) is 0 Å². The van der Waals surface area contributed by atoms with Crippen LogP contribution in [-0.4, -0.2) is 56.5 Å². The number of piperidine rings is 1. The number of carbonyl (C=O) groups excluding carboxylic acids is 1. The second kappa shape index (κ2) is 9.96. The lowest BCUT2D eigenvalue weighted by atomic mass is 10.00. The second-order valence-electron chi connectivity index (χ2n) is 8.55. The van der Waals surface area contributed by atoms with Gasteiger partial charge in [0, 0.05) is 31.1 Å². The van der Waals surface area contributed by atoms with Gasteiger partial charge < -0.3 is 9.80 Å². The highest BCUT2D eigenvalue weighted by molar-refractivity contribution is 8.00. The summed E-state index contributed by atoms with van der Waals surface area (Å²) in [4.78, 5) is 16.9. The molecule has 2 fully saturated rings. The van der Waals surface area contributed by atoms with E-state index in [-0.39, 0.29) is 11.2 Å². The SMILES string of the molecule is CC[C@@H]1CCCCN1C(=O)[C@H](C)Sc1nnc(C[NH+]2CCCC2)n1-c1ccccc1. The number of benzene rings is 1. The van der Waals surface area contributed by atoms with Crippen LogP contribution < -0.4 is 4.90 Å². The summed E-state index contributed by atoms with van der Waals surface area (Å²) in [7, 11) is 0. The fourth-order valence-corrected chi connectivity index (χ4v) is 5.72. The van der Waals surface area contributed by atoms with Crippen molar-refractivity contribution in [1.29, 1.82) is 0 Å². The molecule has 1 amide bonds. The molecule has 3 heterocycles. The first-order valence-corrected chi connectivity index (χ1v) is 12.4. The fraction of sp³-hybridized carbons (Fsp3) is 0.609. The summed E-state index contributed by atoms with van der Waals surface area (Å²) in [5, 5.41) is 9.74. The zero-order valence-corrected chi connectivity index (χ0v) is 19.0. The topological polar surface area (TPSA) is 55.5 Å². The number of hydrogen-bond donors (Lipinski definition) is 1. The Morgan fingerprint density at radius 3 is 2.67 bits per heavy atom. The van der Waals surface area contributed by atoms with Gasteiger partial charge >= 0.3 is 0 Å². The smallest absolute Gasteiger partial charge is 0.236 e. The summed E-state index contributed by atoms with van der Waals surface area (Å²) >= 11 is 1.55. The molecule has 1 aromatic carbocycles. The van der Waals surface area contributed by atoms with Gasteiger partial charge in [-0.1, -0.05) is 36.9 Å². The van der Waals surface area contributed by atoms with E-state index in [2.05, 4.69) is 38.7 Å². The number of thioether (sulfide) groups is 1. The monoisotopic (exact) mass is 428 g/mol. The lowest BCUT2D eigenvalue weighted by molar-refractivity contribution is -0.902. The number of quaternary nitrogens is 1. The van der Waals surface area contributed by atoms with Gasteiger partial charge in [-0.2, -0.15) is 0 Å². The molecule has 4 rings (SSSR count). The van der Waals surface area contributed by atoms with Gasteiger partial charge in [-0.05, 0) is 44.7 Å². The molecular weight excluding hydrogens is 394 g/mol. The number of rotatable bonds is 7. The fourth-order valence-electron chi connectivity index (χ4n) is 4.76. The number of nitrogens with zero attached hydrogens (tertiary/aromatic N) is 4. The third-order valence-electron chi connectivity index (χ3n) is 6.44. The van der Waals surface area contributed by atoms with Crippen LogP contribution in [0.2, 0.25) is 0 Å². The van der Waals surface area contributed by atoms with Crippen molar-refractivity contribution >= 4 is 17.7 Å². The van der Waals surface area contributed by atoms with Crippen LogP contribution in [0.1, 0.15) is 58.2 Å². The van der Waals surface area contributed by atoms with Crippen LogP contribution in [0.25, 0.3) is 5.69 Å². The lowest BCUT2D eigenvalue weighted by Gasteiger charge is -2.36. The van der Waals surface area contributed by atoms with Crippen molar-refractivity contribution in [2.45, 2.75) is 75.4 Å². The molecule has 30 heavy (non-hydrogen) atoms. The van der Waals surface area contributed by atoms with E-state index in [9.17, 15) is 4.79 Å². The van der Waals surface area contributed by atoms with E-state index >= 15 is 0 Å². The molecule has 0 saturated carbocycles. The van der Waals surface area contributed by atoms with Crippen molar-refractivity contribution in [3.05, 3.63) is 36.2 Å². The van der Waals surface area contributed by atoms with Crippen LogP contribution in [0.5, 0.6) is 0 Å². The lowest BCUT2D eigenvalue weighted by Crippen LogP contribution is -3.08. The summed E-state index contributed by atoms with van der Waals surface area (Å²) in [6, 6.07) is 10.7. The number of hydrogen-bond acceptors (Lipinski definition) is 4. The number of nitrogens with one attached hydrogen (secondary N) is 1. The van der Waals surface area contributed by atoms with E-state index in [0.29, 0.717) is 6.04 Å². The summed E-state index contributed by atoms with van der Waals surface area (Å²) in [6.07, 6.45) is 7.08. The summed E-state index contributed by atoms with van der Waals surface area (Å²) in [5.74, 6) is 1.23. The Bertz CT molecular complexity index is 833. The van der Waals surface area contributed by atoms with Gasteiger partial charge in [0.25, 0.3) is 0 Å². The maximum atomic E-state index is 13.2. The zero-order chi connectivity index (χ0) is 20.9. The molecule has 6 nitrogen and oxygen atoms in total. The Labute approximate surface area is 184 Å². The molecule has 2 atom stereocenters. The number of carbonyl (C=O) groups is 1. The Morgan fingerprint density at radius 1 is 1.17 bits per heavy atom. The number of likely N-dealkylation sites (tertiary alicyclic amines) is 2. The molecule has 0 spiro atoms. The predicted molar refractivity (Wildman–Crippen MR) is 120 cm³/mol. The Hall–Kier alpha value is -1.86. The Morgan fingerprint density at radius 2 is 1.93 bits per heavy atom. The molecule has 0 unspecified atom stereocenters. The molecule has 2 saturated heterocycles. The third-order valence-corrected chi connectivity index (χ3v) is 7.48. The maximum absolute atomic E-state index is 13.2. The van der Waals surface area contributed by atoms with Gasteiger partial charge in [-0.3, -0.25) is 9.36 Å². The van der Waals surface area contributed by atoms with E-state index in [1.807, 2.05) is 25.1 Å². The van der Waals surface area contributed by atoms with E-state index < -0.39 is 0 Å². The summed E-state index contributed by atoms with van der Waals surface area (Å²) in [5.41, 5.74) is 1.07. The zero-order valence-electron chi connectivity index (χ0n) is 18.2. The minimum absolute atomic E-state index is 0.171. The standard InChI is InChI=1S/C23H33N5OS/c1-3-19-11-7-8-16-27(19)22(29)18(2)30-23-25-24-21(17-26-14-9-10-15-26)28(23)20-12-5-4-6-13-20/h4-6,12-13,18-19H,3,7-11,14-17H2,1-2H3/p+1/t18-,19+/m0/s1. The van der Waals surface area contributed by atoms with Crippen LogP contribution in [0.4, 0.5) is 0 Å². The van der Waals surface area contributed by atoms with Crippen LogP contribution in [-0.2, 0) is 11.3 Å². The third kappa shape index (κ3) is 4.72. The van der Waals surface area contributed by atoms with Gasteiger partial charge in [0.15, 0.2) is 11.0 Å². The summed E-state index contributed by atoms with van der Waals surface area (Å²) < 4.78 is 2.16. The number of para-hydroxylation sites is 1. The van der Waals surface area contributed by atoms with Gasteiger partial charge in [-0.15, -0.1) is 10.2 Å². The highest BCUT2D eigenvalue weighted by Crippen LogP contribution is 2.29. The summed E-state index contributed by atoms with van der Waals surface area (Å²) in [6.45, 7) is 8.38.